The monoisotopic (exact) mass is 452 g/mol. The summed E-state index contributed by atoms with van der Waals surface area (Å²) < 4.78 is 39.6. The minimum atomic E-state index is -5.08. The number of nitrogens with one attached hydrogen (secondary N) is 1. The first-order chi connectivity index (χ1) is 15.2. The second-order valence-corrected chi connectivity index (χ2v) is 7.58. The van der Waals surface area contributed by atoms with Gasteiger partial charge in [-0.1, -0.05) is 0 Å². The lowest BCUT2D eigenvalue weighted by Gasteiger charge is -2.27. The van der Waals surface area contributed by atoms with Gasteiger partial charge in [0.05, 0.1) is 23.8 Å². The first-order valence-corrected chi connectivity index (χ1v) is 10.4. The molecule has 4 rings (SSSR count). The fourth-order valence-corrected chi connectivity index (χ4v) is 3.95. The zero-order valence-electron chi connectivity index (χ0n) is 18.1. The summed E-state index contributed by atoms with van der Waals surface area (Å²) in [4.78, 5) is 16.0. The summed E-state index contributed by atoms with van der Waals surface area (Å²) in [5.41, 5.74) is 3.59. The number of rotatable bonds is 5. The Kier molecular flexibility index (Phi) is 7.57. The van der Waals surface area contributed by atoms with E-state index < -0.39 is 12.1 Å². The number of pyridine rings is 1. The van der Waals surface area contributed by atoms with Gasteiger partial charge in [0, 0.05) is 55.8 Å². The van der Waals surface area contributed by atoms with Crippen molar-refractivity contribution in [2.75, 3.05) is 39.8 Å². The topological polar surface area (TPSA) is 79.6 Å². The number of hydrogen-bond donors (Lipinski definition) is 2. The first kappa shape index (κ1) is 23.8. The Bertz CT molecular complexity index is 1080. The standard InChI is InChI=1S/C20H26N4O.C2HF3O2/c1-15-20-18(6-7-22-15)17-5-4-16(25-2)14-19(17)24(20)11-3-10-23-12-8-21-9-13-23;3-2(4,5)1(6)7/h4-7,14,21H,3,8-13H2,1-2H3;(H,6,7). The maximum atomic E-state index is 10.6. The van der Waals surface area contributed by atoms with Crippen molar-refractivity contribution < 1.29 is 27.8 Å². The Balaban J connectivity index is 0.000000360. The Morgan fingerprint density at radius 2 is 1.88 bits per heavy atom. The predicted molar refractivity (Wildman–Crippen MR) is 116 cm³/mol. The van der Waals surface area contributed by atoms with Crippen LogP contribution in [0.2, 0.25) is 0 Å². The largest absolute Gasteiger partial charge is 0.497 e. The number of benzene rings is 1. The van der Waals surface area contributed by atoms with Crippen molar-refractivity contribution in [1.82, 2.24) is 19.8 Å². The number of fused-ring (bicyclic) bond motifs is 3. The second-order valence-electron chi connectivity index (χ2n) is 7.58. The SMILES string of the molecule is COc1ccc2c3ccnc(C)c3n(CCCN3CCNCC3)c2c1.O=C(O)C(F)(F)F. The van der Waals surface area contributed by atoms with Crippen molar-refractivity contribution in [3.05, 3.63) is 36.2 Å². The highest BCUT2D eigenvalue weighted by Crippen LogP contribution is 2.32. The summed E-state index contributed by atoms with van der Waals surface area (Å²) >= 11 is 0. The number of carboxylic acids is 1. The van der Waals surface area contributed by atoms with Crippen molar-refractivity contribution in [2.24, 2.45) is 0 Å². The van der Waals surface area contributed by atoms with Gasteiger partial charge in [0.25, 0.3) is 0 Å². The van der Waals surface area contributed by atoms with Crippen LogP contribution in [0.4, 0.5) is 13.2 Å². The Labute approximate surface area is 183 Å². The third-order valence-corrected chi connectivity index (χ3v) is 5.47. The lowest BCUT2D eigenvalue weighted by atomic mass is 10.1. The number of aromatic nitrogens is 2. The molecule has 0 radical (unpaired) electrons. The van der Waals surface area contributed by atoms with E-state index in [2.05, 4.69) is 44.9 Å². The quantitative estimate of drug-likeness (QED) is 0.618. The van der Waals surface area contributed by atoms with Crippen LogP contribution in [0.1, 0.15) is 12.1 Å². The molecule has 3 heterocycles. The Hall–Kier alpha value is -2.85. The number of carbonyl (C=O) groups is 1. The van der Waals surface area contributed by atoms with Crippen molar-refractivity contribution in [3.63, 3.8) is 0 Å². The van der Waals surface area contributed by atoms with E-state index >= 15 is 0 Å². The van der Waals surface area contributed by atoms with Crippen LogP contribution in [0.25, 0.3) is 21.8 Å². The highest BCUT2D eigenvalue weighted by molar-refractivity contribution is 6.09. The molecule has 1 aliphatic rings. The van der Waals surface area contributed by atoms with Gasteiger partial charge in [0.2, 0.25) is 0 Å². The molecule has 1 aliphatic heterocycles. The average Bonchev–Trinajstić information content (AvgIpc) is 3.08. The maximum Gasteiger partial charge on any atom is 0.490 e. The van der Waals surface area contributed by atoms with Gasteiger partial charge in [0.1, 0.15) is 5.75 Å². The van der Waals surface area contributed by atoms with Crippen LogP contribution in [0.5, 0.6) is 5.75 Å². The van der Waals surface area contributed by atoms with E-state index in [0.29, 0.717) is 0 Å². The van der Waals surface area contributed by atoms with Crippen molar-refractivity contribution in [1.29, 1.82) is 0 Å². The van der Waals surface area contributed by atoms with E-state index in [1.54, 1.807) is 7.11 Å². The molecule has 2 N–H and O–H groups in total. The lowest BCUT2D eigenvalue weighted by Crippen LogP contribution is -2.43. The van der Waals surface area contributed by atoms with Gasteiger partial charge in [-0.05, 0) is 38.1 Å². The molecule has 7 nitrogen and oxygen atoms in total. The number of piperazine rings is 1. The lowest BCUT2D eigenvalue weighted by molar-refractivity contribution is -0.192. The van der Waals surface area contributed by atoms with Crippen LogP contribution in [-0.2, 0) is 11.3 Å². The molecule has 0 atom stereocenters. The van der Waals surface area contributed by atoms with Crippen LogP contribution in [0.3, 0.4) is 0 Å². The minimum absolute atomic E-state index is 0.907. The molecule has 0 saturated carbocycles. The maximum absolute atomic E-state index is 10.6. The zero-order chi connectivity index (χ0) is 23.3. The van der Waals surface area contributed by atoms with Crippen LogP contribution in [-0.4, -0.2) is 71.5 Å². The summed E-state index contributed by atoms with van der Waals surface area (Å²) in [6.45, 7) is 8.77. The number of hydrogen-bond acceptors (Lipinski definition) is 5. The van der Waals surface area contributed by atoms with Crippen molar-refractivity contribution in [3.8, 4) is 5.75 Å². The van der Waals surface area contributed by atoms with E-state index in [-0.39, 0.29) is 0 Å². The van der Waals surface area contributed by atoms with Gasteiger partial charge >= 0.3 is 12.1 Å². The number of carboxylic acid groups (broad SMARTS) is 1. The number of methoxy groups -OCH3 is 1. The van der Waals surface area contributed by atoms with Crippen LogP contribution in [0.15, 0.2) is 30.5 Å². The summed E-state index contributed by atoms with van der Waals surface area (Å²) in [5, 5.41) is 13.1. The number of ether oxygens (including phenoxy) is 1. The molecule has 3 aromatic rings. The smallest absolute Gasteiger partial charge is 0.490 e. The number of aryl methyl sites for hydroxylation is 2. The Morgan fingerprint density at radius 3 is 2.50 bits per heavy atom. The molecule has 1 fully saturated rings. The minimum Gasteiger partial charge on any atom is -0.497 e. The normalized spacial score (nSPS) is 14.9. The van der Waals surface area contributed by atoms with Gasteiger partial charge in [-0.25, -0.2) is 4.79 Å². The van der Waals surface area contributed by atoms with Gasteiger partial charge in [-0.2, -0.15) is 13.2 Å². The molecular weight excluding hydrogens is 425 g/mol. The molecule has 1 aromatic carbocycles. The predicted octanol–water partition coefficient (Wildman–Crippen LogP) is 3.44. The summed E-state index contributed by atoms with van der Waals surface area (Å²) in [5.74, 6) is -1.85. The van der Waals surface area contributed by atoms with E-state index in [1.807, 2.05) is 12.3 Å². The number of alkyl halides is 3. The second kappa shape index (κ2) is 10.2. The van der Waals surface area contributed by atoms with Crippen LogP contribution < -0.4 is 10.1 Å². The van der Waals surface area contributed by atoms with Crippen molar-refractivity contribution >= 4 is 27.8 Å². The summed E-state index contributed by atoms with van der Waals surface area (Å²) in [6.07, 6.45) is -2.03. The number of aliphatic carboxylic acids is 1. The molecule has 174 valence electrons. The summed E-state index contributed by atoms with van der Waals surface area (Å²) in [6, 6.07) is 8.49. The fourth-order valence-electron chi connectivity index (χ4n) is 3.95. The molecule has 0 spiro atoms. The van der Waals surface area contributed by atoms with Gasteiger partial charge < -0.3 is 24.6 Å². The number of halogens is 3. The van der Waals surface area contributed by atoms with Crippen molar-refractivity contribution in [2.45, 2.75) is 26.1 Å². The average molecular weight is 452 g/mol. The third kappa shape index (κ3) is 5.49. The highest BCUT2D eigenvalue weighted by atomic mass is 19.4. The molecule has 10 heteroatoms. The van der Waals surface area contributed by atoms with E-state index in [9.17, 15) is 13.2 Å². The molecule has 0 unspecified atom stereocenters. The molecular formula is C22H27F3N4O3. The van der Waals surface area contributed by atoms with Gasteiger partial charge in [-0.15, -0.1) is 0 Å². The highest BCUT2D eigenvalue weighted by Gasteiger charge is 2.38. The van der Waals surface area contributed by atoms with Crippen LogP contribution >= 0.6 is 0 Å². The van der Waals surface area contributed by atoms with Crippen LogP contribution in [0, 0.1) is 6.92 Å². The Morgan fingerprint density at radius 1 is 1.19 bits per heavy atom. The van der Waals surface area contributed by atoms with Gasteiger partial charge in [-0.3, -0.25) is 4.98 Å². The van der Waals surface area contributed by atoms with E-state index in [0.717, 1.165) is 57.1 Å². The van der Waals surface area contributed by atoms with E-state index in [1.165, 1.54) is 21.8 Å². The molecule has 0 bridgehead atoms. The molecule has 0 amide bonds. The molecule has 1 saturated heterocycles. The zero-order valence-corrected chi connectivity index (χ0v) is 18.1. The molecule has 0 aliphatic carbocycles. The third-order valence-electron chi connectivity index (χ3n) is 5.47. The molecule has 2 aromatic heterocycles. The van der Waals surface area contributed by atoms with E-state index in [4.69, 9.17) is 14.6 Å². The molecule has 32 heavy (non-hydrogen) atoms. The fraction of sp³-hybridized carbons (Fsp3) is 0.455. The summed E-state index contributed by atoms with van der Waals surface area (Å²) in [7, 11) is 1.73. The number of nitrogens with zero attached hydrogens (tertiary/aromatic N) is 3. The van der Waals surface area contributed by atoms with Gasteiger partial charge in [0.15, 0.2) is 0 Å². The first-order valence-electron chi connectivity index (χ1n) is 10.4.